The number of rotatable bonds is 0. The van der Waals surface area contributed by atoms with E-state index < -0.39 is 5.76 Å². The van der Waals surface area contributed by atoms with Crippen molar-refractivity contribution < 1.29 is 46.3 Å². The largest absolute Gasteiger partial charge is 0.613 e. The number of hydrogen-bond acceptors (Lipinski definition) is 9. The molecule has 0 atom stereocenters. The summed E-state index contributed by atoms with van der Waals surface area (Å²) in [7, 11) is 0. The van der Waals surface area contributed by atoms with Gasteiger partial charge in [-0.2, -0.15) is 0 Å². The summed E-state index contributed by atoms with van der Waals surface area (Å²) in [4.78, 5) is 10.0. The second-order valence-electron chi connectivity index (χ2n) is 3.31. The average Bonchev–Trinajstić information content (AvgIpc) is 3.07. The molecule has 1 aliphatic heterocycles. The fraction of sp³-hybridized carbons (Fsp3) is 0.300. The van der Waals surface area contributed by atoms with E-state index in [1.807, 2.05) is 0 Å². The van der Waals surface area contributed by atoms with Crippen LogP contribution in [0.25, 0.3) is 0 Å². The zero-order chi connectivity index (χ0) is 15.0. The number of aromatic amines is 1. The molecular weight excluding hydrogens is 357 g/mol. The van der Waals surface area contributed by atoms with Crippen LogP contribution in [-0.4, -0.2) is 26.3 Å². The summed E-state index contributed by atoms with van der Waals surface area (Å²) in [5.41, 5.74) is 2.54. The Kier molecular flexibility index (Phi) is 9.14. The third kappa shape index (κ3) is 8.87. The van der Waals surface area contributed by atoms with Gasteiger partial charge in [0.15, 0.2) is 0 Å². The Morgan fingerprint density at radius 2 is 1.95 bits per heavy atom. The Bertz CT molecular complexity index is 618. The second kappa shape index (κ2) is 10.00. The van der Waals surface area contributed by atoms with Gasteiger partial charge in [-0.3, -0.25) is 0 Å². The third-order valence-corrected chi connectivity index (χ3v) is 1.58. The van der Waals surface area contributed by atoms with E-state index in [1.54, 1.807) is 20.8 Å². The van der Waals surface area contributed by atoms with Crippen molar-refractivity contribution in [3.05, 3.63) is 41.2 Å². The topological polar surface area (TPSA) is 131 Å². The summed E-state index contributed by atoms with van der Waals surface area (Å²) in [6.45, 7) is 8.52. The van der Waals surface area contributed by atoms with Crippen LogP contribution in [0.3, 0.4) is 0 Å². The van der Waals surface area contributed by atoms with Crippen molar-refractivity contribution in [2.45, 2.75) is 20.8 Å². The number of nitrogens with one attached hydrogen (secondary N) is 2. The molecule has 10 nitrogen and oxygen atoms in total. The zero-order valence-electron chi connectivity index (χ0n) is 11.7. The number of ether oxygens (including phenoxy) is 1. The van der Waals surface area contributed by atoms with Crippen molar-refractivity contribution in [1.82, 2.24) is 25.8 Å². The molecule has 0 saturated heterocycles. The molecule has 1 radical (unpaired) electrons. The van der Waals surface area contributed by atoms with Gasteiger partial charge in [-0.25, -0.2) is 25.5 Å². The van der Waals surface area contributed by atoms with Gasteiger partial charge in [-0.15, -0.1) is 10.2 Å². The first kappa shape index (κ1) is 19.2. The number of hydrogen-bond donors (Lipinski definition) is 2. The Morgan fingerprint density at radius 1 is 1.24 bits per heavy atom. The van der Waals surface area contributed by atoms with E-state index in [9.17, 15) is 4.79 Å². The van der Waals surface area contributed by atoms with Crippen LogP contribution >= 0.6 is 0 Å². The van der Waals surface area contributed by atoms with E-state index in [4.69, 9.17) is 4.74 Å². The fourth-order valence-corrected chi connectivity index (χ4v) is 0.867. The summed E-state index contributed by atoms with van der Waals surface area (Å²) in [5, 5.41) is 15.9. The van der Waals surface area contributed by atoms with Crippen LogP contribution in [0.5, 0.6) is 0 Å². The molecule has 11 heteroatoms. The van der Waals surface area contributed by atoms with E-state index in [2.05, 4.69) is 52.7 Å². The average molecular weight is 370 g/mol. The molecule has 0 amide bonds. The molecule has 21 heavy (non-hydrogen) atoms. The van der Waals surface area contributed by atoms with Gasteiger partial charge in [0.05, 0.1) is 12.3 Å². The van der Waals surface area contributed by atoms with Gasteiger partial charge in [0.2, 0.25) is 17.7 Å². The molecule has 1 aliphatic rings. The number of aryl methyl sites for hydroxylation is 2. The minimum absolute atomic E-state index is 0. The summed E-state index contributed by atoms with van der Waals surface area (Å²) >= 11 is 0. The SMILES string of the molecule is C=C1NN=C(C)O1.Cc1n[nH]c(=O)o1.Cc1nn[c-]o1.[Y]. The predicted molar refractivity (Wildman–Crippen MR) is 66.2 cm³/mol. The number of aromatic nitrogens is 4. The Morgan fingerprint density at radius 3 is 2.10 bits per heavy atom. The molecule has 2 N–H and O–H groups in total. The normalized spacial score (nSPS) is 11.6. The Labute approximate surface area is 144 Å². The molecular formula is C10H13N6O4Y-. The van der Waals surface area contributed by atoms with Gasteiger partial charge in [0.1, 0.15) is 0 Å². The van der Waals surface area contributed by atoms with E-state index in [1.165, 1.54) is 0 Å². The minimum Gasteiger partial charge on any atom is -0.613 e. The summed E-state index contributed by atoms with van der Waals surface area (Å²) in [6.07, 6.45) is 2.19. The standard InChI is InChI=1S/C4H6N2O.C3H4N2O2.C3H3N2O.Y/c1-3-5-6-4(2)7-3;1-2-4-5-3(6)7-2;1-3-5-4-2-6-3;/h5H,1H2,2H3;1H3,(H,5,6);1H3;/q;;-1;. The van der Waals surface area contributed by atoms with Crippen molar-refractivity contribution in [3.8, 4) is 0 Å². The molecule has 0 unspecified atom stereocenters. The molecule has 0 fully saturated rings. The van der Waals surface area contributed by atoms with Crippen LogP contribution in [0.1, 0.15) is 18.7 Å². The van der Waals surface area contributed by atoms with Crippen LogP contribution in [-0.2, 0) is 37.4 Å². The van der Waals surface area contributed by atoms with Gasteiger partial charge < -0.3 is 13.6 Å². The van der Waals surface area contributed by atoms with Gasteiger partial charge in [0, 0.05) is 46.6 Å². The molecule has 2 aromatic rings. The molecule has 0 spiro atoms. The molecule has 0 aromatic carbocycles. The Balaban J connectivity index is 0.000000280. The maximum absolute atomic E-state index is 10.0. The smallest absolute Gasteiger partial charge is 0.434 e. The van der Waals surface area contributed by atoms with Crippen LogP contribution in [0.15, 0.2) is 31.2 Å². The van der Waals surface area contributed by atoms with E-state index >= 15 is 0 Å². The minimum atomic E-state index is -0.502. The molecule has 2 aromatic heterocycles. The van der Waals surface area contributed by atoms with Gasteiger partial charge >= 0.3 is 5.76 Å². The maximum Gasteiger partial charge on any atom is 0.434 e. The summed E-state index contributed by atoms with van der Waals surface area (Å²) in [5.74, 6) is 1.53. The first-order chi connectivity index (χ1) is 9.47. The molecule has 3 rings (SSSR count). The molecule has 0 bridgehead atoms. The Hall–Kier alpha value is -1.81. The van der Waals surface area contributed by atoms with Gasteiger partial charge in [-0.1, -0.05) is 6.92 Å². The quantitative estimate of drug-likeness (QED) is 0.632. The number of H-pyrrole nitrogens is 1. The first-order valence-corrected chi connectivity index (χ1v) is 5.32. The van der Waals surface area contributed by atoms with Crippen molar-refractivity contribution >= 4 is 5.90 Å². The van der Waals surface area contributed by atoms with Crippen molar-refractivity contribution in [2.24, 2.45) is 5.10 Å². The predicted octanol–water partition coefficient (Wildman–Crippen LogP) is 0.258. The monoisotopic (exact) mass is 370 g/mol. The van der Waals surface area contributed by atoms with Crippen LogP contribution in [0.4, 0.5) is 0 Å². The van der Waals surface area contributed by atoms with Crippen LogP contribution in [0.2, 0.25) is 0 Å². The van der Waals surface area contributed by atoms with Gasteiger partial charge in [-0.05, 0) is 6.58 Å². The molecule has 0 saturated carbocycles. The van der Waals surface area contributed by atoms with E-state index in [0.717, 1.165) is 0 Å². The van der Waals surface area contributed by atoms with Crippen LogP contribution in [0, 0.1) is 20.2 Å². The molecule has 0 aliphatic carbocycles. The first-order valence-electron chi connectivity index (χ1n) is 5.32. The van der Waals surface area contributed by atoms with Crippen molar-refractivity contribution in [3.63, 3.8) is 0 Å². The van der Waals surface area contributed by atoms with Gasteiger partial charge in [0.25, 0.3) is 0 Å². The molecule has 111 valence electrons. The second-order valence-corrected chi connectivity index (χ2v) is 3.31. The van der Waals surface area contributed by atoms with Crippen molar-refractivity contribution in [2.75, 3.05) is 0 Å². The molecule has 3 heterocycles. The summed E-state index contributed by atoms with van der Waals surface area (Å²) in [6, 6.07) is 0. The van der Waals surface area contributed by atoms with Crippen LogP contribution < -0.4 is 11.2 Å². The van der Waals surface area contributed by atoms with E-state index in [-0.39, 0.29) is 32.7 Å². The third-order valence-electron chi connectivity index (χ3n) is 1.58. The fourth-order valence-electron chi connectivity index (χ4n) is 0.867. The van der Waals surface area contributed by atoms with E-state index in [0.29, 0.717) is 23.6 Å². The number of nitrogens with zero attached hydrogens (tertiary/aromatic N) is 4. The maximum atomic E-state index is 10.0. The zero-order valence-corrected chi connectivity index (χ0v) is 14.5. The van der Waals surface area contributed by atoms with Crippen molar-refractivity contribution in [1.29, 1.82) is 0 Å². The summed E-state index contributed by atoms with van der Waals surface area (Å²) < 4.78 is 13.7. The number of hydrazone groups is 1.